The van der Waals surface area contributed by atoms with Crippen LogP contribution in [0.3, 0.4) is 0 Å². The van der Waals surface area contributed by atoms with Gasteiger partial charge in [0.25, 0.3) is 0 Å². The quantitative estimate of drug-likeness (QED) is 0.164. The van der Waals surface area contributed by atoms with Crippen molar-refractivity contribution in [3.8, 4) is 16.8 Å². The lowest BCUT2D eigenvalue weighted by atomic mass is 9.91. The Hall–Kier alpha value is -7.16. The van der Waals surface area contributed by atoms with Crippen molar-refractivity contribution >= 4 is 82.0 Å². The Balaban J connectivity index is 1.22. The maximum absolute atomic E-state index is 2.48. The summed E-state index contributed by atoms with van der Waals surface area (Å²) in [4.78, 5) is 2.48. The van der Waals surface area contributed by atoms with Crippen LogP contribution in [-0.2, 0) is 0 Å². The highest BCUT2D eigenvalue weighted by Crippen LogP contribution is 2.47. The first-order valence-electron chi connectivity index (χ1n) is 18.6. The Labute approximate surface area is 313 Å². The second kappa shape index (κ2) is 12.2. The zero-order valence-electron chi connectivity index (χ0n) is 29.5. The molecule has 0 saturated carbocycles. The number of hydrogen-bond acceptors (Lipinski definition) is 1. The van der Waals surface area contributed by atoms with Crippen molar-refractivity contribution in [1.82, 2.24) is 4.57 Å². The van der Waals surface area contributed by atoms with Crippen molar-refractivity contribution in [3.05, 3.63) is 206 Å². The number of benzene rings is 10. The number of para-hydroxylation sites is 3. The molecule has 0 atom stereocenters. The smallest absolute Gasteiger partial charge is 0.0546 e. The molecule has 0 saturated heterocycles. The molecule has 252 valence electrons. The van der Waals surface area contributed by atoms with E-state index in [1.54, 1.807) is 0 Å². The standard InChI is InChI=1S/C52H34N2/c1-2-14-35(15-3-1)41-18-8-11-23-47(41)54(40-31-29-39(30-32-40)53-48-24-12-9-21-44(48)45-22-10-13-25-49(45)53)50-34-38-17-5-7-20-43(38)52-46(50)33-28-37-27-26-36-16-4-6-19-42(36)51(37)52/h1-34H. The number of anilines is 3. The molecule has 0 aliphatic heterocycles. The Kier molecular flexibility index (Phi) is 6.90. The molecule has 0 aliphatic carbocycles. The second-order valence-electron chi connectivity index (χ2n) is 14.1. The first-order valence-corrected chi connectivity index (χ1v) is 18.6. The van der Waals surface area contributed by atoms with Crippen molar-refractivity contribution in [2.75, 3.05) is 4.90 Å². The Bertz CT molecular complexity index is 3160. The third kappa shape index (κ3) is 4.67. The van der Waals surface area contributed by atoms with Crippen LogP contribution >= 0.6 is 0 Å². The van der Waals surface area contributed by atoms with Gasteiger partial charge in [0.05, 0.1) is 22.4 Å². The topological polar surface area (TPSA) is 8.17 Å². The van der Waals surface area contributed by atoms with Gasteiger partial charge in [-0.25, -0.2) is 0 Å². The van der Waals surface area contributed by atoms with Crippen LogP contribution in [0.2, 0.25) is 0 Å². The number of hydrogen-bond donors (Lipinski definition) is 0. The number of rotatable bonds is 5. The molecule has 0 radical (unpaired) electrons. The van der Waals surface area contributed by atoms with E-state index < -0.39 is 0 Å². The number of nitrogens with zero attached hydrogens (tertiary/aromatic N) is 2. The summed E-state index contributed by atoms with van der Waals surface area (Å²) >= 11 is 0. The van der Waals surface area contributed by atoms with Crippen molar-refractivity contribution in [3.63, 3.8) is 0 Å². The van der Waals surface area contributed by atoms with Crippen molar-refractivity contribution < 1.29 is 0 Å². The van der Waals surface area contributed by atoms with E-state index in [1.807, 2.05) is 0 Å². The minimum atomic E-state index is 1.09. The third-order valence-electron chi connectivity index (χ3n) is 11.1. The summed E-state index contributed by atoms with van der Waals surface area (Å²) in [6, 6.07) is 75.3. The molecule has 0 unspecified atom stereocenters. The fraction of sp³-hybridized carbons (Fsp3) is 0. The molecule has 0 fully saturated rings. The normalized spacial score (nSPS) is 11.7. The van der Waals surface area contributed by atoms with E-state index in [1.165, 1.54) is 76.0 Å². The molecule has 1 aromatic heterocycles. The minimum Gasteiger partial charge on any atom is -0.309 e. The van der Waals surface area contributed by atoms with E-state index in [2.05, 4.69) is 216 Å². The molecule has 0 bridgehead atoms. The fourth-order valence-corrected chi connectivity index (χ4v) is 8.74. The summed E-state index contributed by atoms with van der Waals surface area (Å²) in [5.41, 5.74) is 9.27. The van der Waals surface area contributed by atoms with E-state index in [0.717, 1.165) is 22.7 Å². The molecule has 11 rings (SSSR count). The van der Waals surface area contributed by atoms with E-state index in [9.17, 15) is 0 Å². The lowest BCUT2D eigenvalue weighted by Gasteiger charge is -2.30. The van der Waals surface area contributed by atoms with Crippen LogP contribution in [0.4, 0.5) is 17.1 Å². The molecule has 2 nitrogen and oxygen atoms in total. The van der Waals surface area contributed by atoms with E-state index in [-0.39, 0.29) is 0 Å². The van der Waals surface area contributed by atoms with Crippen LogP contribution in [0.5, 0.6) is 0 Å². The van der Waals surface area contributed by atoms with Crippen molar-refractivity contribution in [2.45, 2.75) is 0 Å². The molecule has 0 aliphatic rings. The molecule has 1 heterocycles. The largest absolute Gasteiger partial charge is 0.309 e. The molecule has 0 amide bonds. The second-order valence-corrected chi connectivity index (χ2v) is 14.1. The Morgan fingerprint density at radius 2 is 0.889 bits per heavy atom. The first kappa shape index (κ1) is 30.5. The molecule has 0 N–H and O–H groups in total. The third-order valence-corrected chi connectivity index (χ3v) is 11.1. The lowest BCUT2D eigenvalue weighted by molar-refractivity contribution is 1.17. The van der Waals surface area contributed by atoms with Crippen LogP contribution in [0.25, 0.3) is 81.7 Å². The van der Waals surface area contributed by atoms with Gasteiger partial charge in [-0.15, -0.1) is 0 Å². The van der Waals surface area contributed by atoms with Crippen LogP contribution in [0.15, 0.2) is 206 Å². The molecular weight excluding hydrogens is 653 g/mol. The SMILES string of the molecule is c1ccc(-c2ccccc2N(c2ccc(-n3c4ccccc4c4ccccc43)cc2)c2cc3ccccc3c3c2ccc2ccc4ccccc4c23)cc1. The predicted octanol–water partition coefficient (Wildman–Crippen LogP) is 14.5. The molecular formula is C52H34N2. The average molecular weight is 687 g/mol. The fourth-order valence-electron chi connectivity index (χ4n) is 8.74. The lowest BCUT2D eigenvalue weighted by Crippen LogP contribution is -2.12. The van der Waals surface area contributed by atoms with Gasteiger partial charge in [-0.3, -0.25) is 0 Å². The minimum absolute atomic E-state index is 1.09. The van der Waals surface area contributed by atoms with Crippen LogP contribution in [-0.4, -0.2) is 4.57 Å². The summed E-state index contributed by atoms with van der Waals surface area (Å²) in [6.07, 6.45) is 0. The maximum atomic E-state index is 2.48. The van der Waals surface area contributed by atoms with Crippen molar-refractivity contribution in [1.29, 1.82) is 0 Å². The van der Waals surface area contributed by atoms with Gasteiger partial charge in [-0.05, 0) is 86.4 Å². The van der Waals surface area contributed by atoms with E-state index in [4.69, 9.17) is 0 Å². The van der Waals surface area contributed by atoms with Gasteiger partial charge in [0.1, 0.15) is 0 Å². The highest BCUT2D eigenvalue weighted by atomic mass is 15.1. The zero-order chi connectivity index (χ0) is 35.6. The number of fused-ring (bicyclic) bond motifs is 10. The van der Waals surface area contributed by atoms with Crippen molar-refractivity contribution in [2.24, 2.45) is 0 Å². The van der Waals surface area contributed by atoms with Gasteiger partial charge < -0.3 is 9.47 Å². The summed E-state index contributed by atoms with van der Waals surface area (Å²) in [7, 11) is 0. The molecule has 11 aromatic rings. The van der Waals surface area contributed by atoms with E-state index in [0.29, 0.717) is 0 Å². The highest BCUT2D eigenvalue weighted by molar-refractivity contribution is 6.30. The predicted molar refractivity (Wildman–Crippen MR) is 231 cm³/mol. The van der Waals surface area contributed by atoms with Gasteiger partial charge in [0.2, 0.25) is 0 Å². The maximum Gasteiger partial charge on any atom is 0.0546 e. The van der Waals surface area contributed by atoms with Gasteiger partial charge in [0, 0.05) is 38.5 Å². The Morgan fingerprint density at radius 1 is 0.333 bits per heavy atom. The van der Waals surface area contributed by atoms with Gasteiger partial charge >= 0.3 is 0 Å². The van der Waals surface area contributed by atoms with E-state index >= 15 is 0 Å². The van der Waals surface area contributed by atoms with Crippen LogP contribution in [0.1, 0.15) is 0 Å². The summed E-state index contributed by atoms with van der Waals surface area (Å²) < 4.78 is 2.39. The summed E-state index contributed by atoms with van der Waals surface area (Å²) in [5, 5.41) is 12.6. The zero-order valence-corrected chi connectivity index (χ0v) is 29.5. The average Bonchev–Trinajstić information content (AvgIpc) is 3.58. The Morgan fingerprint density at radius 3 is 1.63 bits per heavy atom. The van der Waals surface area contributed by atoms with Crippen LogP contribution in [0, 0.1) is 0 Å². The van der Waals surface area contributed by atoms with Gasteiger partial charge in [0.15, 0.2) is 0 Å². The highest BCUT2D eigenvalue weighted by Gasteiger charge is 2.22. The van der Waals surface area contributed by atoms with Gasteiger partial charge in [-0.2, -0.15) is 0 Å². The molecule has 2 heteroatoms. The molecule has 0 spiro atoms. The monoisotopic (exact) mass is 686 g/mol. The first-order chi connectivity index (χ1) is 26.8. The van der Waals surface area contributed by atoms with Crippen LogP contribution < -0.4 is 4.90 Å². The summed E-state index contributed by atoms with van der Waals surface area (Å²) in [5.74, 6) is 0. The summed E-state index contributed by atoms with van der Waals surface area (Å²) in [6.45, 7) is 0. The number of aromatic nitrogens is 1. The molecule has 54 heavy (non-hydrogen) atoms. The molecule has 10 aromatic carbocycles. The van der Waals surface area contributed by atoms with Gasteiger partial charge in [-0.1, -0.05) is 158 Å².